The monoisotopic (exact) mass is 442 g/mol. The zero-order valence-electron chi connectivity index (χ0n) is 17.4. The fraction of sp³-hybridized carbons (Fsp3) is 0.273. The van der Waals surface area contributed by atoms with Gasteiger partial charge in [0.25, 0.3) is 5.91 Å². The number of hydrogen-bond donors (Lipinski definition) is 0. The molecule has 0 saturated heterocycles. The number of rotatable bonds is 5. The van der Waals surface area contributed by atoms with E-state index < -0.39 is 0 Å². The van der Waals surface area contributed by atoms with Crippen molar-refractivity contribution in [2.45, 2.75) is 26.3 Å². The van der Waals surface area contributed by atoms with Gasteiger partial charge in [-0.2, -0.15) is 18.6 Å². The minimum absolute atomic E-state index is 0. The molecule has 1 aliphatic heterocycles. The summed E-state index contributed by atoms with van der Waals surface area (Å²) in [6.07, 6.45) is 4.53. The molecule has 0 saturated carbocycles. The van der Waals surface area contributed by atoms with E-state index in [0.29, 0.717) is 40.4 Å². The third-order valence-corrected chi connectivity index (χ3v) is 5.27. The minimum atomic E-state index is -0.368. The van der Waals surface area contributed by atoms with Gasteiger partial charge in [-0.05, 0) is 37.6 Å². The third-order valence-electron chi connectivity index (χ3n) is 5.27. The Morgan fingerprint density at radius 1 is 1.26 bits per heavy atom. The number of carbonyl (C=O) groups is 2. The number of anilines is 1. The Hall–Kier alpha value is -3.20. The number of Topliss-reactive ketones (excluding diaryl/α,β-unsaturated/α-hetero) is 1. The molecule has 2 aromatic heterocycles. The first kappa shape index (κ1) is 22.5. The van der Waals surface area contributed by atoms with Crippen molar-refractivity contribution >= 4 is 30.9 Å². The lowest BCUT2D eigenvalue weighted by Gasteiger charge is -2.32. The lowest BCUT2D eigenvalue weighted by Crippen LogP contribution is -2.43. The fourth-order valence-electron chi connectivity index (χ4n) is 3.58. The predicted molar refractivity (Wildman–Crippen MR) is 119 cm³/mol. The van der Waals surface area contributed by atoms with Gasteiger partial charge in [0.15, 0.2) is 5.78 Å². The number of ketones is 1. The summed E-state index contributed by atoms with van der Waals surface area (Å²) in [5.41, 5.74) is 2.26. The summed E-state index contributed by atoms with van der Waals surface area (Å²) in [6, 6.07) is 6.22. The van der Waals surface area contributed by atoms with Crippen molar-refractivity contribution in [1.29, 1.82) is 0 Å². The van der Waals surface area contributed by atoms with E-state index in [1.165, 1.54) is 30.5 Å². The van der Waals surface area contributed by atoms with Gasteiger partial charge in [0.2, 0.25) is 0 Å². The molecule has 0 bridgehead atoms. The lowest BCUT2D eigenvalue weighted by atomic mass is 10.0. The van der Waals surface area contributed by atoms with Gasteiger partial charge in [0.05, 0.1) is 25.5 Å². The molecule has 0 aliphatic carbocycles. The molecule has 1 atom stereocenters. The Morgan fingerprint density at radius 3 is 2.74 bits per heavy atom. The highest BCUT2D eigenvalue weighted by Gasteiger charge is 2.34. The number of nitrogens with zero attached hydrogens (tertiary/aromatic N) is 4. The van der Waals surface area contributed by atoms with E-state index in [9.17, 15) is 14.0 Å². The molecule has 0 unspecified atom stereocenters. The Bertz CT molecular complexity index is 1150. The Labute approximate surface area is 186 Å². The number of fused-ring (bicyclic) bond motifs is 1. The van der Waals surface area contributed by atoms with Crippen LogP contribution in [0, 0.1) is 12.7 Å². The van der Waals surface area contributed by atoms with Gasteiger partial charge in [-0.25, -0.2) is 4.39 Å². The zero-order valence-corrected chi connectivity index (χ0v) is 18.4. The number of hydrogen-bond acceptors (Lipinski definition) is 5. The van der Waals surface area contributed by atoms with Gasteiger partial charge in [-0.3, -0.25) is 19.3 Å². The fourth-order valence-corrected chi connectivity index (χ4v) is 3.58. The van der Waals surface area contributed by atoms with Crippen LogP contribution in [0.25, 0.3) is 0 Å². The first-order chi connectivity index (χ1) is 14.4. The molecule has 0 radical (unpaired) electrons. The quantitative estimate of drug-likeness (QED) is 0.566. The SMILES string of the molecule is COc1cncc(C(=O)Cc2cnn3c2C(=O)N(c2ccc(C)c(F)c2)C[C@@H]3C)c1.S. The minimum Gasteiger partial charge on any atom is -0.495 e. The van der Waals surface area contributed by atoms with Crippen LogP contribution >= 0.6 is 13.5 Å². The molecule has 31 heavy (non-hydrogen) atoms. The van der Waals surface area contributed by atoms with Gasteiger partial charge in [0.1, 0.15) is 17.3 Å². The molecule has 0 N–H and O–H groups in total. The summed E-state index contributed by atoms with van der Waals surface area (Å²) in [6.45, 7) is 3.97. The summed E-state index contributed by atoms with van der Waals surface area (Å²) in [5.74, 6) is -0.389. The highest BCUT2D eigenvalue weighted by Crippen LogP contribution is 2.29. The average molecular weight is 443 g/mol. The molecule has 1 aliphatic rings. The predicted octanol–water partition coefficient (Wildman–Crippen LogP) is 3.49. The normalized spacial score (nSPS) is 15.3. The number of methoxy groups -OCH3 is 1. The van der Waals surface area contributed by atoms with Crippen molar-refractivity contribution in [3.63, 3.8) is 0 Å². The third kappa shape index (κ3) is 4.18. The molecule has 4 rings (SSSR count). The standard InChI is InChI=1S/C22H21FN4O3.H2S/c1-13-4-5-17(8-19(13)23)26-12-14(2)27-21(22(26)29)16(10-25-27)7-20(28)15-6-18(30-3)11-24-9-15;/h4-6,8-11,14H,7,12H2,1-3H3;1H2/t14-;/m0./s1. The van der Waals surface area contributed by atoms with E-state index in [1.807, 2.05) is 6.92 Å². The Morgan fingerprint density at radius 2 is 2.03 bits per heavy atom. The molecule has 0 spiro atoms. The maximum atomic E-state index is 14.1. The van der Waals surface area contributed by atoms with Gasteiger partial charge in [-0.1, -0.05) is 6.07 Å². The van der Waals surface area contributed by atoms with Crippen LogP contribution in [0.2, 0.25) is 0 Å². The number of halogens is 1. The molecule has 3 aromatic rings. The molecule has 162 valence electrons. The van der Waals surface area contributed by atoms with E-state index >= 15 is 0 Å². The second-order valence-electron chi connectivity index (χ2n) is 7.37. The molecular weight excluding hydrogens is 419 g/mol. The number of aryl methyl sites for hydroxylation is 1. The number of aromatic nitrogens is 3. The van der Waals surface area contributed by atoms with E-state index in [-0.39, 0.29) is 43.5 Å². The first-order valence-electron chi connectivity index (χ1n) is 9.55. The van der Waals surface area contributed by atoms with Crippen LogP contribution < -0.4 is 9.64 Å². The van der Waals surface area contributed by atoms with E-state index in [0.717, 1.165) is 0 Å². The molecule has 1 aromatic carbocycles. The van der Waals surface area contributed by atoms with Crippen molar-refractivity contribution in [2.24, 2.45) is 0 Å². The second kappa shape index (κ2) is 8.89. The highest BCUT2D eigenvalue weighted by atomic mass is 32.1. The zero-order chi connectivity index (χ0) is 21.4. The largest absolute Gasteiger partial charge is 0.495 e. The summed E-state index contributed by atoms with van der Waals surface area (Å²) < 4.78 is 20.8. The van der Waals surface area contributed by atoms with E-state index in [2.05, 4.69) is 10.1 Å². The average Bonchev–Trinajstić information content (AvgIpc) is 3.17. The molecule has 7 nitrogen and oxygen atoms in total. The first-order valence-corrected chi connectivity index (χ1v) is 9.55. The summed E-state index contributed by atoms with van der Waals surface area (Å²) in [5, 5.41) is 4.33. The Kier molecular flexibility index (Phi) is 6.45. The Balaban J connectivity index is 0.00000272. The molecule has 0 fully saturated rings. The van der Waals surface area contributed by atoms with Crippen LogP contribution in [0.1, 0.15) is 44.9 Å². The van der Waals surface area contributed by atoms with Crippen molar-refractivity contribution in [1.82, 2.24) is 14.8 Å². The van der Waals surface area contributed by atoms with Crippen LogP contribution in [0.5, 0.6) is 5.75 Å². The smallest absolute Gasteiger partial charge is 0.276 e. The van der Waals surface area contributed by atoms with Crippen LogP contribution in [-0.4, -0.2) is 40.1 Å². The number of ether oxygens (including phenoxy) is 1. The number of amides is 1. The van der Waals surface area contributed by atoms with E-state index in [4.69, 9.17) is 4.74 Å². The van der Waals surface area contributed by atoms with Crippen molar-refractivity contribution in [2.75, 3.05) is 18.6 Å². The van der Waals surface area contributed by atoms with Gasteiger partial charge >= 0.3 is 0 Å². The molecule has 9 heteroatoms. The number of benzene rings is 1. The number of carbonyl (C=O) groups excluding carboxylic acids is 2. The van der Waals surface area contributed by atoms with E-state index in [1.54, 1.807) is 36.0 Å². The second-order valence-corrected chi connectivity index (χ2v) is 7.37. The van der Waals surface area contributed by atoms with Gasteiger partial charge in [-0.15, -0.1) is 0 Å². The highest BCUT2D eigenvalue weighted by molar-refractivity contribution is 7.59. The van der Waals surface area contributed by atoms with Gasteiger partial charge in [0, 0.05) is 36.0 Å². The van der Waals surface area contributed by atoms with Gasteiger partial charge < -0.3 is 9.64 Å². The maximum Gasteiger partial charge on any atom is 0.276 e. The summed E-state index contributed by atoms with van der Waals surface area (Å²) in [4.78, 5) is 31.6. The van der Waals surface area contributed by atoms with Crippen LogP contribution in [0.3, 0.4) is 0 Å². The summed E-state index contributed by atoms with van der Waals surface area (Å²) >= 11 is 0. The maximum absolute atomic E-state index is 14.1. The lowest BCUT2D eigenvalue weighted by molar-refractivity contribution is 0.0951. The number of pyridine rings is 1. The van der Waals surface area contributed by atoms with Crippen molar-refractivity contribution < 1.29 is 18.7 Å². The van der Waals surface area contributed by atoms with Crippen molar-refractivity contribution in [3.05, 3.63) is 71.1 Å². The molecule has 3 heterocycles. The summed E-state index contributed by atoms with van der Waals surface area (Å²) in [7, 11) is 1.50. The van der Waals surface area contributed by atoms with Crippen molar-refractivity contribution in [3.8, 4) is 5.75 Å². The topological polar surface area (TPSA) is 77.3 Å². The van der Waals surface area contributed by atoms with Crippen LogP contribution in [0.15, 0.2) is 42.9 Å². The molecule has 1 amide bonds. The van der Waals surface area contributed by atoms with Crippen LogP contribution in [-0.2, 0) is 6.42 Å². The molecular formula is C22H23FN4O3S. The van der Waals surface area contributed by atoms with Crippen LogP contribution in [0.4, 0.5) is 10.1 Å².